The highest BCUT2D eigenvalue weighted by Crippen LogP contribution is 2.35. The lowest BCUT2D eigenvalue weighted by Crippen LogP contribution is -2.13. The molecule has 1 aromatic heterocycles. The zero-order valence-corrected chi connectivity index (χ0v) is 10.9. The summed E-state index contributed by atoms with van der Waals surface area (Å²) in [7, 11) is 3.93. The molecule has 0 radical (unpaired) electrons. The quantitative estimate of drug-likeness (QED) is 0.786. The number of nitrogens with zero attached hydrogens (tertiary/aromatic N) is 2. The summed E-state index contributed by atoms with van der Waals surface area (Å²) in [6.07, 6.45) is 4.51. The van der Waals surface area contributed by atoms with Gasteiger partial charge in [-0.15, -0.1) is 0 Å². The Kier molecular flexibility index (Phi) is 3.41. The van der Waals surface area contributed by atoms with Crippen molar-refractivity contribution in [2.45, 2.75) is 38.9 Å². The molecule has 0 bridgehead atoms. The van der Waals surface area contributed by atoms with Gasteiger partial charge in [-0.1, -0.05) is 0 Å². The van der Waals surface area contributed by atoms with E-state index in [1.807, 2.05) is 38.9 Å². The third kappa shape index (κ3) is 3.25. The fourth-order valence-corrected chi connectivity index (χ4v) is 1.46. The number of hydrogen-bond donors (Lipinski definition) is 0. The van der Waals surface area contributed by atoms with E-state index < -0.39 is 0 Å². The minimum Gasteiger partial charge on any atom is -0.486 e. The third-order valence-electron chi connectivity index (χ3n) is 2.46. The van der Waals surface area contributed by atoms with Crippen molar-refractivity contribution >= 4 is 5.82 Å². The Bertz CT molecular complexity index is 387. The summed E-state index contributed by atoms with van der Waals surface area (Å²) in [5, 5.41) is 0. The Morgan fingerprint density at radius 1 is 1.29 bits per heavy atom. The van der Waals surface area contributed by atoms with Gasteiger partial charge >= 0.3 is 0 Å². The SMILES string of the molecule is CC(C)Oc1cnc(N(C)C)cc1OC1CC1. The molecule has 17 heavy (non-hydrogen) atoms. The lowest BCUT2D eigenvalue weighted by atomic mass is 10.3. The average molecular weight is 236 g/mol. The van der Waals surface area contributed by atoms with Crippen LogP contribution in [0.15, 0.2) is 12.3 Å². The molecule has 1 aromatic rings. The number of pyridine rings is 1. The van der Waals surface area contributed by atoms with Crippen molar-refractivity contribution in [3.63, 3.8) is 0 Å². The van der Waals surface area contributed by atoms with Crippen molar-refractivity contribution in [2.75, 3.05) is 19.0 Å². The molecule has 2 rings (SSSR count). The molecule has 0 saturated heterocycles. The van der Waals surface area contributed by atoms with E-state index in [0.29, 0.717) is 6.10 Å². The first-order valence-corrected chi connectivity index (χ1v) is 6.07. The Balaban J connectivity index is 2.22. The summed E-state index contributed by atoms with van der Waals surface area (Å²) in [4.78, 5) is 6.30. The Morgan fingerprint density at radius 3 is 2.53 bits per heavy atom. The second-order valence-electron chi connectivity index (χ2n) is 4.87. The fraction of sp³-hybridized carbons (Fsp3) is 0.615. The zero-order chi connectivity index (χ0) is 12.4. The summed E-state index contributed by atoms with van der Waals surface area (Å²) in [5.74, 6) is 2.43. The van der Waals surface area contributed by atoms with Crippen molar-refractivity contribution in [1.82, 2.24) is 4.98 Å². The normalized spacial score (nSPS) is 14.9. The molecule has 1 saturated carbocycles. The molecular formula is C13H20N2O2. The van der Waals surface area contributed by atoms with Crippen LogP contribution in [-0.4, -0.2) is 31.3 Å². The van der Waals surface area contributed by atoms with Crippen LogP contribution in [0.2, 0.25) is 0 Å². The summed E-state index contributed by atoms with van der Waals surface area (Å²) in [5.41, 5.74) is 0. The van der Waals surface area contributed by atoms with Crippen LogP contribution in [0.1, 0.15) is 26.7 Å². The van der Waals surface area contributed by atoms with Crippen molar-refractivity contribution < 1.29 is 9.47 Å². The minimum absolute atomic E-state index is 0.128. The molecule has 1 fully saturated rings. The Hall–Kier alpha value is -1.45. The Labute approximate surface area is 103 Å². The van der Waals surface area contributed by atoms with E-state index in [0.717, 1.165) is 30.2 Å². The van der Waals surface area contributed by atoms with Gasteiger partial charge in [0.15, 0.2) is 11.5 Å². The average Bonchev–Trinajstić information content (AvgIpc) is 3.03. The van der Waals surface area contributed by atoms with E-state index in [-0.39, 0.29) is 6.10 Å². The van der Waals surface area contributed by atoms with Crippen molar-refractivity contribution in [1.29, 1.82) is 0 Å². The molecule has 0 amide bonds. The highest BCUT2D eigenvalue weighted by atomic mass is 16.5. The number of rotatable bonds is 5. The first-order chi connectivity index (χ1) is 8.06. The minimum atomic E-state index is 0.128. The van der Waals surface area contributed by atoms with Crippen LogP contribution in [0.4, 0.5) is 5.82 Å². The van der Waals surface area contributed by atoms with Gasteiger partial charge in [-0.2, -0.15) is 0 Å². The van der Waals surface area contributed by atoms with E-state index in [2.05, 4.69) is 4.98 Å². The molecule has 0 aliphatic heterocycles. The topological polar surface area (TPSA) is 34.6 Å². The van der Waals surface area contributed by atoms with Crippen molar-refractivity contribution in [3.05, 3.63) is 12.3 Å². The second-order valence-corrected chi connectivity index (χ2v) is 4.87. The molecular weight excluding hydrogens is 216 g/mol. The standard InChI is InChI=1S/C13H20N2O2/c1-9(2)16-12-8-14-13(15(3)4)7-11(12)17-10-5-6-10/h7-10H,5-6H2,1-4H3. The molecule has 4 heteroatoms. The van der Waals surface area contributed by atoms with Crippen LogP contribution >= 0.6 is 0 Å². The van der Waals surface area contributed by atoms with E-state index in [1.165, 1.54) is 0 Å². The Morgan fingerprint density at radius 2 is 2.00 bits per heavy atom. The van der Waals surface area contributed by atoms with Crippen molar-refractivity contribution in [2.24, 2.45) is 0 Å². The third-order valence-corrected chi connectivity index (χ3v) is 2.46. The largest absolute Gasteiger partial charge is 0.486 e. The maximum atomic E-state index is 5.86. The molecule has 0 N–H and O–H groups in total. The van der Waals surface area contributed by atoms with Crippen LogP contribution in [0.3, 0.4) is 0 Å². The molecule has 0 spiro atoms. The first kappa shape index (κ1) is 12.0. The van der Waals surface area contributed by atoms with Crippen molar-refractivity contribution in [3.8, 4) is 11.5 Å². The second kappa shape index (κ2) is 4.82. The van der Waals surface area contributed by atoms with Gasteiger partial charge in [0.25, 0.3) is 0 Å². The van der Waals surface area contributed by atoms with E-state index in [4.69, 9.17) is 9.47 Å². The molecule has 0 unspecified atom stereocenters. The van der Waals surface area contributed by atoms with Gasteiger partial charge in [0, 0.05) is 20.2 Å². The van der Waals surface area contributed by atoms with E-state index >= 15 is 0 Å². The summed E-state index contributed by atoms with van der Waals surface area (Å²) >= 11 is 0. The zero-order valence-electron chi connectivity index (χ0n) is 10.9. The predicted molar refractivity (Wildman–Crippen MR) is 68.0 cm³/mol. The number of hydrogen-bond acceptors (Lipinski definition) is 4. The van der Waals surface area contributed by atoms with Gasteiger partial charge in [0.05, 0.1) is 18.4 Å². The highest BCUT2D eigenvalue weighted by Gasteiger charge is 2.25. The van der Waals surface area contributed by atoms with E-state index in [9.17, 15) is 0 Å². The van der Waals surface area contributed by atoms with Gasteiger partial charge in [0.2, 0.25) is 0 Å². The van der Waals surface area contributed by atoms with Crippen LogP contribution in [0.5, 0.6) is 11.5 Å². The summed E-state index contributed by atoms with van der Waals surface area (Å²) < 4.78 is 11.6. The fourth-order valence-electron chi connectivity index (χ4n) is 1.46. The molecule has 1 heterocycles. The van der Waals surface area contributed by atoms with Crippen LogP contribution in [0, 0.1) is 0 Å². The lowest BCUT2D eigenvalue weighted by Gasteiger charge is -2.17. The molecule has 4 nitrogen and oxygen atoms in total. The first-order valence-electron chi connectivity index (χ1n) is 6.07. The van der Waals surface area contributed by atoms with Gasteiger partial charge in [-0.3, -0.25) is 0 Å². The molecule has 1 aliphatic carbocycles. The number of anilines is 1. The molecule has 1 aliphatic rings. The van der Waals surface area contributed by atoms with Gasteiger partial charge in [0.1, 0.15) is 5.82 Å². The van der Waals surface area contributed by atoms with Gasteiger partial charge in [-0.25, -0.2) is 4.98 Å². The molecule has 94 valence electrons. The number of aromatic nitrogens is 1. The van der Waals surface area contributed by atoms with Crippen LogP contribution in [-0.2, 0) is 0 Å². The predicted octanol–water partition coefficient (Wildman–Crippen LogP) is 2.48. The maximum absolute atomic E-state index is 5.86. The summed E-state index contributed by atoms with van der Waals surface area (Å²) in [6.45, 7) is 4.00. The number of ether oxygens (including phenoxy) is 2. The summed E-state index contributed by atoms with van der Waals surface area (Å²) in [6, 6.07) is 1.94. The lowest BCUT2D eigenvalue weighted by molar-refractivity contribution is 0.216. The maximum Gasteiger partial charge on any atom is 0.179 e. The van der Waals surface area contributed by atoms with Gasteiger partial charge in [-0.05, 0) is 26.7 Å². The van der Waals surface area contributed by atoms with Gasteiger partial charge < -0.3 is 14.4 Å². The van der Waals surface area contributed by atoms with Crippen LogP contribution in [0.25, 0.3) is 0 Å². The molecule has 0 aromatic carbocycles. The van der Waals surface area contributed by atoms with E-state index in [1.54, 1.807) is 6.20 Å². The molecule has 0 atom stereocenters. The highest BCUT2D eigenvalue weighted by molar-refractivity contribution is 5.49. The van der Waals surface area contributed by atoms with Crippen LogP contribution < -0.4 is 14.4 Å². The smallest absolute Gasteiger partial charge is 0.179 e. The monoisotopic (exact) mass is 236 g/mol.